The molecule has 0 bridgehead atoms. The molecule has 5 aliphatic rings. The Morgan fingerprint density at radius 1 is 0.379 bits per heavy atom. The molecule has 1 fully saturated rings. The van der Waals surface area contributed by atoms with Gasteiger partial charge in [0, 0.05) is 123 Å². The van der Waals surface area contributed by atoms with Gasteiger partial charge < -0.3 is 24.4 Å². The second-order valence-electron chi connectivity index (χ2n) is 36.0. The third kappa shape index (κ3) is 21.7. The number of carbonyl (C=O) groups excluding carboxylic acids is 4. The van der Waals surface area contributed by atoms with Gasteiger partial charge in [0.1, 0.15) is 78.4 Å². The number of aryl methyl sites for hydroxylation is 7. The molecule has 0 saturated carbocycles. The number of piperazine rings is 1. The predicted molar refractivity (Wildman–Crippen MR) is 516 cm³/mol. The molecule has 694 valence electrons. The van der Waals surface area contributed by atoms with Crippen molar-refractivity contribution in [1.82, 2.24) is 74.2 Å². The lowest BCUT2D eigenvalue weighted by atomic mass is 9.99. The first kappa shape index (κ1) is 97.7. The molecule has 26 nitrogen and oxygen atoms in total. The second-order valence-corrected chi connectivity index (χ2v) is 42.5. The van der Waals surface area contributed by atoms with Crippen molar-refractivity contribution in [2.45, 2.75) is 211 Å². The molecule has 8 aromatic heterocycles. The van der Waals surface area contributed by atoms with Crippen LogP contribution in [-0.4, -0.2) is 179 Å². The molecule has 0 aliphatic carbocycles. The van der Waals surface area contributed by atoms with Gasteiger partial charge in [-0.3, -0.25) is 62.3 Å². The Bertz CT molecular complexity index is 6320. The van der Waals surface area contributed by atoms with E-state index in [2.05, 4.69) is 109 Å². The number of thiophene rings is 4. The minimum absolute atomic E-state index is 0.0290. The summed E-state index contributed by atoms with van der Waals surface area (Å²) < 4.78 is 65.6. The number of aromatic nitrogens is 12. The first-order chi connectivity index (χ1) is 62.2. The van der Waals surface area contributed by atoms with E-state index in [1.807, 2.05) is 158 Å². The molecule has 12 aromatic rings. The van der Waals surface area contributed by atoms with Crippen molar-refractivity contribution in [3.05, 3.63) is 250 Å². The van der Waals surface area contributed by atoms with Gasteiger partial charge in [-0.25, -0.2) is 0 Å². The maximum Gasteiger partial charge on any atom is 0.452 e. The third-order valence-corrected chi connectivity index (χ3v) is 28.4. The second kappa shape index (κ2) is 39.3. The number of alkyl halides is 3. The standard InChI is InChI=1S/C26H32ClN7OS.C23H22ClF3N4O2S.2C23H25ClN4O2S/c1-16-17(2)36-26-23(16)24(19-5-7-20(27)8-6-19)29-21(25-31-30-18(3)34(25)26)15-22(35)28-9-10-33-13-11-32(4)12-14-33;1-11-12(2)34-20-17(11)18(13-6-8-14(24)9-7-13)28-15(10-16(32)33-22(3,4)5)19-29-30-21(31(19)20)23(25,26)27;2*1-12-13(2)31-22-19(12)20(15-7-9-16(24)10-8-15)25-17(11-18(29)30-23(4,5)6)21-27-26-14(3)28(21)22/h5-8,21H,9-15H2,1-4H3,(H,28,35);6-9,15H,10H2,1-5H3;2*7-10,17H,11H2,1-6H3/t21-;15-;2*17-/m0010/s1. The first-order valence-electron chi connectivity index (χ1n) is 43.1. The van der Waals surface area contributed by atoms with E-state index < -0.39 is 58.9 Å². The molecule has 0 radical (unpaired) electrons. The number of hydrogen-bond acceptors (Lipinski definition) is 25. The van der Waals surface area contributed by atoms with Crippen LogP contribution in [0.25, 0.3) is 20.0 Å². The molecule has 4 aromatic carbocycles. The van der Waals surface area contributed by atoms with Crippen LogP contribution in [0.4, 0.5) is 13.2 Å². The van der Waals surface area contributed by atoms with E-state index in [9.17, 15) is 32.3 Å². The van der Waals surface area contributed by atoms with Gasteiger partial charge >= 0.3 is 24.1 Å². The van der Waals surface area contributed by atoms with E-state index in [0.29, 0.717) is 65.9 Å². The van der Waals surface area contributed by atoms with Crippen LogP contribution in [0.3, 0.4) is 0 Å². The molecule has 0 unspecified atom stereocenters. The Hall–Kier alpha value is -10.3. The van der Waals surface area contributed by atoms with Gasteiger partial charge in [-0.05, 0) is 216 Å². The van der Waals surface area contributed by atoms with Crippen LogP contribution in [-0.2, 0) is 39.6 Å². The molecule has 4 atom stereocenters. The predicted octanol–water partition coefficient (Wildman–Crippen LogP) is 20.9. The van der Waals surface area contributed by atoms with Gasteiger partial charge in [-0.1, -0.05) is 94.9 Å². The summed E-state index contributed by atoms with van der Waals surface area (Å²) in [4.78, 5) is 80.5. The summed E-state index contributed by atoms with van der Waals surface area (Å²) in [7, 11) is 2.15. The van der Waals surface area contributed by atoms with E-state index in [1.54, 1.807) is 79.0 Å². The summed E-state index contributed by atoms with van der Waals surface area (Å²) in [6.45, 7) is 44.1. The van der Waals surface area contributed by atoms with Crippen molar-refractivity contribution in [2.75, 3.05) is 46.3 Å². The molecular formula is C95H104Cl4F3N19O7S4. The van der Waals surface area contributed by atoms with E-state index in [1.165, 1.54) is 31.5 Å². The maximum absolute atomic E-state index is 14.0. The first-order valence-corrected chi connectivity index (χ1v) is 47.8. The Labute approximate surface area is 800 Å². The van der Waals surface area contributed by atoms with Crippen LogP contribution in [0.15, 0.2) is 117 Å². The quantitative estimate of drug-likeness (QED) is 0.0737. The van der Waals surface area contributed by atoms with Crippen LogP contribution >= 0.6 is 91.8 Å². The lowest BCUT2D eigenvalue weighted by Crippen LogP contribution is -2.47. The summed E-state index contributed by atoms with van der Waals surface area (Å²) in [5.41, 5.74) is 12.6. The van der Waals surface area contributed by atoms with E-state index in [-0.39, 0.29) is 49.4 Å². The summed E-state index contributed by atoms with van der Waals surface area (Å²) >= 11 is 30.8. The number of nitrogens with zero attached hydrogens (tertiary/aromatic N) is 18. The summed E-state index contributed by atoms with van der Waals surface area (Å²) in [5, 5.41) is 42.6. The number of ether oxygens (including phenoxy) is 3. The van der Waals surface area contributed by atoms with Crippen molar-refractivity contribution in [3.63, 3.8) is 0 Å². The number of aliphatic imine (C=N–C) groups is 4. The average Bonchev–Trinajstić information content (AvgIpc) is 1.57. The van der Waals surface area contributed by atoms with Crippen LogP contribution < -0.4 is 5.32 Å². The van der Waals surface area contributed by atoms with Crippen LogP contribution in [0.5, 0.6) is 0 Å². The molecule has 1 N–H and O–H groups in total. The van der Waals surface area contributed by atoms with Gasteiger partial charge in [0.25, 0.3) is 0 Å². The highest BCUT2D eigenvalue weighted by atomic mass is 35.5. The van der Waals surface area contributed by atoms with Gasteiger partial charge in [0.15, 0.2) is 23.3 Å². The maximum atomic E-state index is 14.0. The van der Waals surface area contributed by atoms with Crippen molar-refractivity contribution in [2.24, 2.45) is 20.0 Å². The Morgan fingerprint density at radius 2 is 0.636 bits per heavy atom. The highest BCUT2D eigenvalue weighted by Crippen LogP contribution is 2.47. The van der Waals surface area contributed by atoms with Gasteiger partial charge in [-0.15, -0.1) is 86.1 Å². The fourth-order valence-corrected chi connectivity index (χ4v) is 21.2. The zero-order valence-electron chi connectivity index (χ0n) is 77.3. The van der Waals surface area contributed by atoms with Crippen LogP contribution in [0.1, 0.15) is 245 Å². The molecule has 1 saturated heterocycles. The molecule has 37 heteroatoms. The minimum atomic E-state index is -4.75. The summed E-state index contributed by atoms with van der Waals surface area (Å²) in [5.74, 6) is 1.83. The monoisotopic (exact) mass is 1950 g/mol. The third-order valence-electron chi connectivity index (χ3n) is 22.6. The van der Waals surface area contributed by atoms with Crippen LogP contribution in [0, 0.1) is 76.2 Å². The normalized spacial score (nSPS) is 16.5. The van der Waals surface area contributed by atoms with Crippen molar-refractivity contribution < 1.29 is 46.6 Å². The molecule has 0 spiro atoms. The van der Waals surface area contributed by atoms with E-state index in [0.717, 1.165) is 142 Å². The number of hydrogen-bond donors (Lipinski definition) is 1. The molecule has 1 amide bonds. The average molecular weight is 1950 g/mol. The fourth-order valence-electron chi connectivity index (χ4n) is 15.9. The molecule has 5 aliphatic heterocycles. The SMILES string of the molecule is Cc1sc2c(c1C)C(c1ccc(Cl)cc1)=N[C@@H](CC(=O)NCCN1CCN(C)CC1)c1nnc(C)n1-2.Cc1sc2c(c1C)C(c1ccc(Cl)cc1)=N[C@@H](CC(=O)OC(C)(C)C)c1nnc(C(F)(F)F)n1-2.Cc1sc2c(c1C)C(c1ccc(Cl)cc1)=N[C@@H](CC(=O)OC(C)(C)C)c1nnc(C)n1-2.Cc1sc2c(c1C)C(c1ccc(Cl)cc1)=N[C@H](CC(=O)OC(C)(C)C)c1nnc(C)n1-2. The van der Waals surface area contributed by atoms with Gasteiger partial charge in [0.05, 0.1) is 48.5 Å². The molecule has 17 rings (SSSR count). The van der Waals surface area contributed by atoms with Crippen molar-refractivity contribution in [1.29, 1.82) is 0 Å². The zero-order chi connectivity index (χ0) is 95.4. The van der Waals surface area contributed by atoms with E-state index >= 15 is 0 Å². The number of halogens is 7. The lowest BCUT2D eigenvalue weighted by molar-refractivity contribution is -0.156. The number of likely N-dealkylation sites (N-methyl/N-ethyl adjacent to an activating group) is 1. The Kier molecular flexibility index (Phi) is 29.1. The molecular weight excluding hydrogens is 1850 g/mol. The highest BCUT2D eigenvalue weighted by molar-refractivity contribution is 7.16. The fraction of sp³-hybridized carbons (Fsp3) is 0.411. The lowest BCUT2D eigenvalue weighted by Gasteiger charge is -2.32. The topological polar surface area (TPSA) is 287 Å². The summed E-state index contributed by atoms with van der Waals surface area (Å²) in [6, 6.07) is 27.3. The number of amides is 1. The number of esters is 3. The molecule has 132 heavy (non-hydrogen) atoms. The van der Waals surface area contributed by atoms with Gasteiger partial charge in [-0.2, -0.15) is 13.2 Å². The Morgan fingerprint density at radius 3 is 0.909 bits per heavy atom. The number of fused-ring (bicyclic) bond motifs is 12. The number of nitrogens with one attached hydrogen (secondary N) is 1. The molecule has 13 heterocycles. The number of rotatable bonds is 15. The Balaban J connectivity index is 0.000000142. The smallest absolute Gasteiger partial charge is 0.452 e. The van der Waals surface area contributed by atoms with Crippen LogP contribution in [0.2, 0.25) is 20.1 Å². The van der Waals surface area contributed by atoms with Gasteiger partial charge in [0.2, 0.25) is 11.7 Å². The minimum Gasteiger partial charge on any atom is -0.460 e. The zero-order valence-corrected chi connectivity index (χ0v) is 83.6. The van der Waals surface area contributed by atoms with E-state index in [4.69, 9.17) is 80.6 Å². The van der Waals surface area contributed by atoms with Crippen molar-refractivity contribution >= 4 is 138 Å². The highest BCUT2D eigenvalue weighted by Gasteiger charge is 2.45. The number of benzene rings is 4. The van der Waals surface area contributed by atoms with Crippen molar-refractivity contribution in [3.8, 4) is 20.0 Å². The largest absolute Gasteiger partial charge is 0.460 e. The number of carbonyl (C=O) groups is 4. The summed E-state index contributed by atoms with van der Waals surface area (Å²) in [6.07, 6.45) is -4.67.